The van der Waals surface area contributed by atoms with Crippen LogP contribution >= 0.6 is 23.2 Å². The Morgan fingerprint density at radius 2 is 2.08 bits per heavy atom. The maximum atomic E-state index is 10.9. The molecular weight excluding hydrogens is 213 g/mol. The Kier molecular flexibility index (Phi) is 3.54. The number of alkyl halides is 1. The van der Waals surface area contributed by atoms with E-state index in [1.165, 1.54) is 6.07 Å². The van der Waals surface area contributed by atoms with Crippen molar-refractivity contribution < 1.29 is 10.0 Å². The number of carbonyl (C=O) groups excluding carboxylic acids is 1. The molecule has 0 saturated carbocycles. The van der Waals surface area contributed by atoms with Crippen molar-refractivity contribution in [2.45, 2.75) is 0 Å². The number of nitrogens with zero attached hydrogens (tertiary/aromatic N) is 1. The molecule has 0 fully saturated rings. The number of halogens is 2. The molecule has 0 unspecified atom stereocenters. The molecule has 3 nitrogen and oxygen atoms in total. The highest BCUT2D eigenvalue weighted by atomic mass is 35.5. The van der Waals surface area contributed by atoms with E-state index in [9.17, 15) is 10.0 Å². The predicted molar refractivity (Wildman–Crippen MR) is 51.4 cm³/mol. The third-order valence-electron chi connectivity index (χ3n) is 1.43. The SMILES string of the molecule is O=C(CCl)N(O)c1ccccc1Cl. The molecule has 0 bridgehead atoms. The normalized spacial score (nSPS) is 9.77. The minimum atomic E-state index is -0.616. The lowest BCUT2D eigenvalue weighted by Crippen LogP contribution is -2.28. The summed E-state index contributed by atoms with van der Waals surface area (Å²) in [5.41, 5.74) is 0.231. The molecule has 70 valence electrons. The molecule has 5 heteroatoms. The Morgan fingerprint density at radius 3 is 2.62 bits per heavy atom. The fraction of sp³-hybridized carbons (Fsp3) is 0.125. The minimum Gasteiger partial charge on any atom is -0.281 e. The summed E-state index contributed by atoms with van der Waals surface area (Å²) < 4.78 is 0. The van der Waals surface area contributed by atoms with Gasteiger partial charge < -0.3 is 0 Å². The summed E-state index contributed by atoms with van der Waals surface area (Å²) in [6.45, 7) is 0. The van der Waals surface area contributed by atoms with Crippen molar-refractivity contribution >= 4 is 34.8 Å². The van der Waals surface area contributed by atoms with Crippen molar-refractivity contribution in [3.63, 3.8) is 0 Å². The predicted octanol–water partition coefficient (Wildman–Crippen LogP) is 2.30. The van der Waals surface area contributed by atoms with E-state index in [4.69, 9.17) is 23.2 Å². The van der Waals surface area contributed by atoms with Crippen LogP contribution in [0.5, 0.6) is 0 Å². The van der Waals surface area contributed by atoms with E-state index in [0.29, 0.717) is 10.1 Å². The lowest BCUT2D eigenvalue weighted by Gasteiger charge is -2.14. The number of para-hydroxylation sites is 1. The van der Waals surface area contributed by atoms with Gasteiger partial charge in [0.05, 0.1) is 10.7 Å². The van der Waals surface area contributed by atoms with Gasteiger partial charge in [0.15, 0.2) is 0 Å². The average Bonchev–Trinajstić information content (AvgIpc) is 2.16. The van der Waals surface area contributed by atoms with Crippen LogP contribution in [0.3, 0.4) is 0 Å². The van der Waals surface area contributed by atoms with Gasteiger partial charge in [0.25, 0.3) is 5.91 Å². The second-order valence-electron chi connectivity index (χ2n) is 2.29. The van der Waals surface area contributed by atoms with E-state index in [2.05, 4.69) is 0 Å². The van der Waals surface area contributed by atoms with Crippen molar-refractivity contribution in [1.29, 1.82) is 0 Å². The highest BCUT2D eigenvalue weighted by molar-refractivity contribution is 6.34. The molecule has 0 saturated heterocycles. The zero-order valence-corrected chi connectivity index (χ0v) is 8.09. The topological polar surface area (TPSA) is 40.5 Å². The molecule has 1 N–H and O–H groups in total. The zero-order chi connectivity index (χ0) is 9.84. The molecule has 0 aliphatic carbocycles. The first-order valence-corrected chi connectivity index (χ1v) is 4.40. The average molecular weight is 220 g/mol. The summed E-state index contributed by atoms with van der Waals surface area (Å²) in [5.74, 6) is -0.906. The van der Waals surface area contributed by atoms with Crippen LogP contribution in [0.25, 0.3) is 0 Å². The van der Waals surface area contributed by atoms with E-state index < -0.39 is 5.91 Å². The Labute approximate surface area is 85.4 Å². The number of benzene rings is 1. The smallest absolute Gasteiger partial charge is 0.265 e. The quantitative estimate of drug-likeness (QED) is 0.472. The summed E-state index contributed by atoms with van der Waals surface area (Å²) in [6, 6.07) is 6.45. The van der Waals surface area contributed by atoms with E-state index in [1.54, 1.807) is 18.2 Å². The highest BCUT2D eigenvalue weighted by Crippen LogP contribution is 2.23. The highest BCUT2D eigenvalue weighted by Gasteiger charge is 2.13. The third kappa shape index (κ3) is 2.34. The van der Waals surface area contributed by atoms with E-state index in [1.807, 2.05) is 0 Å². The summed E-state index contributed by atoms with van der Waals surface area (Å²) >= 11 is 11.0. The molecule has 0 aliphatic heterocycles. The Balaban J connectivity index is 2.95. The molecule has 1 amide bonds. The second-order valence-corrected chi connectivity index (χ2v) is 2.97. The minimum absolute atomic E-state index is 0.231. The van der Waals surface area contributed by atoms with Gasteiger partial charge in [-0.25, -0.2) is 0 Å². The lowest BCUT2D eigenvalue weighted by molar-refractivity contribution is -0.121. The molecule has 0 spiro atoms. The Hall–Kier alpha value is -0.770. The number of hydroxylamine groups is 1. The summed E-state index contributed by atoms with van der Waals surface area (Å²) in [4.78, 5) is 10.9. The van der Waals surface area contributed by atoms with Crippen molar-refractivity contribution in [2.75, 3.05) is 10.9 Å². The molecule has 0 aliphatic rings. The van der Waals surface area contributed by atoms with Gasteiger partial charge >= 0.3 is 0 Å². The number of anilines is 1. The van der Waals surface area contributed by atoms with Gasteiger partial charge in [-0.1, -0.05) is 23.7 Å². The van der Waals surface area contributed by atoms with Gasteiger partial charge in [0, 0.05) is 0 Å². The first kappa shape index (κ1) is 10.3. The maximum absolute atomic E-state index is 10.9. The Morgan fingerprint density at radius 1 is 1.46 bits per heavy atom. The largest absolute Gasteiger partial charge is 0.281 e. The van der Waals surface area contributed by atoms with Gasteiger partial charge in [0.1, 0.15) is 5.88 Å². The molecule has 1 aromatic carbocycles. The fourth-order valence-electron chi connectivity index (χ4n) is 0.814. The first-order chi connectivity index (χ1) is 6.16. The fourth-order valence-corrected chi connectivity index (χ4v) is 1.14. The maximum Gasteiger partial charge on any atom is 0.265 e. The van der Waals surface area contributed by atoms with Gasteiger partial charge in [0.2, 0.25) is 0 Å². The van der Waals surface area contributed by atoms with Gasteiger partial charge in [-0.05, 0) is 12.1 Å². The molecule has 0 aromatic heterocycles. The van der Waals surface area contributed by atoms with Crippen molar-refractivity contribution in [2.24, 2.45) is 0 Å². The van der Waals surface area contributed by atoms with Crippen LogP contribution in [0, 0.1) is 0 Å². The van der Waals surface area contributed by atoms with Crippen molar-refractivity contribution in [3.8, 4) is 0 Å². The molecule has 1 rings (SSSR count). The van der Waals surface area contributed by atoms with Gasteiger partial charge in [-0.2, -0.15) is 5.06 Å². The van der Waals surface area contributed by atoms with Crippen LogP contribution in [-0.2, 0) is 4.79 Å². The number of hydrogen-bond acceptors (Lipinski definition) is 2. The third-order valence-corrected chi connectivity index (χ3v) is 1.98. The number of rotatable bonds is 2. The van der Waals surface area contributed by atoms with Crippen molar-refractivity contribution in [3.05, 3.63) is 29.3 Å². The van der Waals surface area contributed by atoms with Crippen LogP contribution in [0.15, 0.2) is 24.3 Å². The van der Waals surface area contributed by atoms with Gasteiger partial charge in [-0.15, -0.1) is 11.6 Å². The van der Waals surface area contributed by atoms with E-state index in [-0.39, 0.29) is 11.6 Å². The summed E-state index contributed by atoms with van der Waals surface area (Å²) in [5, 5.41) is 10.0. The monoisotopic (exact) mass is 219 g/mol. The van der Waals surface area contributed by atoms with E-state index in [0.717, 1.165) is 0 Å². The van der Waals surface area contributed by atoms with Crippen LogP contribution < -0.4 is 5.06 Å². The van der Waals surface area contributed by atoms with Crippen LogP contribution in [0.4, 0.5) is 5.69 Å². The zero-order valence-electron chi connectivity index (χ0n) is 6.58. The first-order valence-electron chi connectivity index (χ1n) is 3.49. The number of amides is 1. The molecule has 13 heavy (non-hydrogen) atoms. The number of carbonyl (C=O) groups is 1. The van der Waals surface area contributed by atoms with E-state index >= 15 is 0 Å². The summed E-state index contributed by atoms with van der Waals surface area (Å²) in [7, 11) is 0. The number of hydrogen-bond donors (Lipinski definition) is 1. The van der Waals surface area contributed by atoms with Crippen LogP contribution in [-0.4, -0.2) is 17.0 Å². The molecular formula is C8H7Cl2NO2. The Bertz CT molecular complexity index is 317. The van der Waals surface area contributed by atoms with Crippen LogP contribution in [0.1, 0.15) is 0 Å². The molecule has 0 radical (unpaired) electrons. The second kappa shape index (κ2) is 4.46. The molecule has 0 heterocycles. The molecule has 0 atom stereocenters. The molecule has 1 aromatic rings. The van der Waals surface area contributed by atoms with Crippen molar-refractivity contribution in [1.82, 2.24) is 0 Å². The van der Waals surface area contributed by atoms with Crippen LogP contribution in [0.2, 0.25) is 5.02 Å². The summed E-state index contributed by atoms with van der Waals surface area (Å²) in [6.07, 6.45) is 0. The standard InChI is InChI=1S/C8H7Cl2NO2/c9-5-8(12)11(13)7-4-2-1-3-6(7)10/h1-4,13H,5H2. The van der Waals surface area contributed by atoms with Gasteiger partial charge in [-0.3, -0.25) is 10.0 Å². The lowest BCUT2D eigenvalue weighted by atomic mass is 10.3.